The molecule has 0 aromatic heterocycles. The van der Waals surface area contributed by atoms with Crippen molar-refractivity contribution in [2.24, 2.45) is 10.8 Å². The number of sulfonamides is 1. The summed E-state index contributed by atoms with van der Waals surface area (Å²) in [7, 11) is -2.52. The van der Waals surface area contributed by atoms with Crippen LogP contribution in [0.4, 0.5) is 0 Å². The van der Waals surface area contributed by atoms with Crippen molar-refractivity contribution in [1.82, 2.24) is 4.31 Å². The summed E-state index contributed by atoms with van der Waals surface area (Å²) in [6.07, 6.45) is 2.90. The SMILES string of the molecule is C=CC1(C=C)CN(S(=O)(=O)c2ccc(C)cc2)C(c2ccc(OC)cc2)C1(C#N)C#N. The fourth-order valence-corrected chi connectivity index (χ4v) is 5.80. The Labute approximate surface area is 183 Å². The Morgan fingerprint density at radius 3 is 2.06 bits per heavy atom. The normalized spacial score (nSPS) is 19.7. The van der Waals surface area contributed by atoms with Crippen molar-refractivity contribution in [3.05, 3.63) is 85.0 Å². The molecular weight excluding hydrogens is 410 g/mol. The zero-order valence-corrected chi connectivity index (χ0v) is 18.3. The van der Waals surface area contributed by atoms with Gasteiger partial charge in [-0.25, -0.2) is 8.42 Å². The van der Waals surface area contributed by atoms with Crippen molar-refractivity contribution < 1.29 is 13.2 Å². The number of aryl methyl sites for hydroxylation is 1. The van der Waals surface area contributed by atoms with Gasteiger partial charge in [0.1, 0.15) is 5.75 Å². The lowest BCUT2D eigenvalue weighted by atomic mass is 9.63. The summed E-state index contributed by atoms with van der Waals surface area (Å²) in [5.74, 6) is 0.577. The lowest BCUT2D eigenvalue weighted by Crippen LogP contribution is -2.38. The Balaban J connectivity index is 2.31. The molecule has 158 valence electrons. The number of benzene rings is 2. The van der Waals surface area contributed by atoms with Gasteiger partial charge in [-0.1, -0.05) is 42.0 Å². The predicted molar refractivity (Wildman–Crippen MR) is 117 cm³/mol. The van der Waals surface area contributed by atoms with Gasteiger partial charge in [0.2, 0.25) is 10.0 Å². The molecule has 0 spiro atoms. The zero-order chi connectivity index (χ0) is 22.9. The van der Waals surface area contributed by atoms with Gasteiger partial charge in [-0.15, -0.1) is 13.2 Å². The molecule has 2 aromatic carbocycles. The molecule has 1 fully saturated rings. The molecule has 3 rings (SSSR count). The molecule has 1 saturated heterocycles. The molecule has 1 heterocycles. The number of rotatable bonds is 6. The minimum atomic E-state index is -4.05. The van der Waals surface area contributed by atoms with Crippen LogP contribution in [0, 0.1) is 40.4 Å². The lowest BCUT2D eigenvalue weighted by molar-refractivity contribution is 0.299. The van der Waals surface area contributed by atoms with E-state index in [1.165, 1.54) is 35.7 Å². The van der Waals surface area contributed by atoms with Crippen LogP contribution < -0.4 is 4.74 Å². The predicted octanol–water partition coefficient (Wildman–Crippen LogP) is 4.14. The topological polar surface area (TPSA) is 94.2 Å². The first kappa shape index (κ1) is 22.3. The highest BCUT2D eigenvalue weighted by Gasteiger charge is 2.65. The highest BCUT2D eigenvalue weighted by Crippen LogP contribution is 2.59. The van der Waals surface area contributed by atoms with Crippen molar-refractivity contribution in [2.75, 3.05) is 13.7 Å². The third-order valence-electron chi connectivity index (χ3n) is 5.99. The minimum Gasteiger partial charge on any atom is -0.497 e. The first-order valence-corrected chi connectivity index (χ1v) is 11.0. The molecule has 1 atom stereocenters. The molecule has 1 unspecified atom stereocenters. The molecule has 1 aliphatic heterocycles. The summed E-state index contributed by atoms with van der Waals surface area (Å²) < 4.78 is 33.8. The molecule has 1 aliphatic rings. The average Bonchev–Trinajstić information content (AvgIpc) is 3.11. The van der Waals surface area contributed by atoms with Gasteiger partial charge < -0.3 is 4.74 Å². The molecule has 0 amide bonds. The standard InChI is InChI=1S/C24H23N3O3S/c1-5-23(6-2)17-27(31(28,29)21-13-7-18(3)8-14-21)22(24(23,15-25)16-26)19-9-11-20(30-4)12-10-19/h5-14,22H,1-2,17H2,3-4H3. The molecule has 0 aliphatic carbocycles. The fraction of sp³-hybridized carbons (Fsp3) is 0.250. The van der Waals surface area contributed by atoms with E-state index in [4.69, 9.17) is 4.74 Å². The van der Waals surface area contributed by atoms with Gasteiger partial charge in [0.05, 0.1) is 35.6 Å². The van der Waals surface area contributed by atoms with Crippen molar-refractivity contribution in [2.45, 2.75) is 17.9 Å². The van der Waals surface area contributed by atoms with Crippen molar-refractivity contribution in [3.63, 3.8) is 0 Å². The van der Waals surface area contributed by atoms with Crippen LogP contribution in [0.25, 0.3) is 0 Å². The van der Waals surface area contributed by atoms with Crippen LogP contribution in [0.5, 0.6) is 5.75 Å². The van der Waals surface area contributed by atoms with E-state index in [1.807, 2.05) is 6.92 Å². The van der Waals surface area contributed by atoms with E-state index in [2.05, 4.69) is 25.3 Å². The van der Waals surface area contributed by atoms with E-state index in [0.29, 0.717) is 11.3 Å². The third kappa shape index (κ3) is 3.23. The fourth-order valence-electron chi connectivity index (χ4n) is 4.11. The van der Waals surface area contributed by atoms with Crippen LogP contribution in [-0.2, 0) is 10.0 Å². The maximum Gasteiger partial charge on any atom is 0.243 e. The molecule has 0 bridgehead atoms. The second kappa shape index (κ2) is 8.03. The van der Waals surface area contributed by atoms with Crippen LogP contribution in [0.2, 0.25) is 0 Å². The molecule has 7 heteroatoms. The first-order valence-electron chi connectivity index (χ1n) is 9.57. The van der Waals surface area contributed by atoms with Gasteiger partial charge in [-0.2, -0.15) is 14.8 Å². The Bertz CT molecular complexity index is 1160. The summed E-state index contributed by atoms with van der Waals surface area (Å²) in [5, 5.41) is 20.4. The van der Waals surface area contributed by atoms with E-state index in [0.717, 1.165) is 5.56 Å². The second-order valence-electron chi connectivity index (χ2n) is 7.52. The van der Waals surface area contributed by atoms with E-state index in [-0.39, 0.29) is 11.4 Å². The van der Waals surface area contributed by atoms with E-state index >= 15 is 0 Å². The highest BCUT2D eigenvalue weighted by atomic mass is 32.2. The molecule has 6 nitrogen and oxygen atoms in total. The van der Waals surface area contributed by atoms with Crippen molar-refractivity contribution >= 4 is 10.0 Å². The molecule has 0 saturated carbocycles. The Morgan fingerprint density at radius 1 is 1.06 bits per heavy atom. The minimum absolute atomic E-state index is 0.0883. The third-order valence-corrected chi connectivity index (χ3v) is 7.82. The largest absolute Gasteiger partial charge is 0.497 e. The highest BCUT2D eigenvalue weighted by molar-refractivity contribution is 7.89. The van der Waals surface area contributed by atoms with Gasteiger partial charge in [-0.3, -0.25) is 0 Å². The number of nitrogens with zero attached hydrogens (tertiary/aromatic N) is 3. The number of nitriles is 2. The number of ether oxygens (including phenoxy) is 1. The maximum absolute atomic E-state index is 13.7. The Kier molecular flexibility index (Phi) is 5.78. The molecule has 0 radical (unpaired) electrons. The number of hydrogen-bond acceptors (Lipinski definition) is 5. The van der Waals surface area contributed by atoms with E-state index in [1.54, 1.807) is 36.4 Å². The van der Waals surface area contributed by atoms with Gasteiger partial charge in [0.25, 0.3) is 0 Å². The smallest absolute Gasteiger partial charge is 0.243 e. The average molecular weight is 434 g/mol. The summed E-state index contributed by atoms with van der Waals surface area (Å²) >= 11 is 0. The molecule has 2 aromatic rings. The molecule has 31 heavy (non-hydrogen) atoms. The van der Waals surface area contributed by atoms with E-state index in [9.17, 15) is 18.9 Å². The summed E-state index contributed by atoms with van der Waals surface area (Å²) in [6, 6.07) is 16.3. The van der Waals surface area contributed by atoms with Crippen LogP contribution in [0.1, 0.15) is 17.2 Å². The van der Waals surface area contributed by atoms with Gasteiger partial charge >= 0.3 is 0 Å². The van der Waals surface area contributed by atoms with Crippen molar-refractivity contribution in [1.29, 1.82) is 10.5 Å². The Hall–Kier alpha value is -3.39. The number of methoxy groups -OCH3 is 1. The van der Waals surface area contributed by atoms with Crippen LogP contribution >= 0.6 is 0 Å². The van der Waals surface area contributed by atoms with Crippen LogP contribution in [-0.4, -0.2) is 26.4 Å². The number of hydrogen-bond donors (Lipinski definition) is 0. The van der Waals surface area contributed by atoms with Crippen LogP contribution in [0.15, 0.2) is 78.7 Å². The maximum atomic E-state index is 13.7. The molecular formula is C24H23N3O3S. The summed E-state index contributed by atoms with van der Waals surface area (Å²) in [5.41, 5.74) is -1.60. The van der Waals surface area contributed by atoms with E-state index < -0.39 is 26.9 Å². The molecule has 0 N–H and O–H groups in total. The quantitative estimate of drug-likeness (QED) is 0.638. The lowest BCUT2D eigenvalue weighted by Gasteiger charge is -2.33. The zero-order valence-electron chi connectivity index (χ0n) is 17.4. The van der Waals surface area contributed by atoms with Gasteiger partial charge in [-0.05, 0) is 36.8 Å². The summed E-state index contributed by atoms with van der Waals surface area (Å²) in [6.45, 7) is 9.37. The summed E-state index contributed by atoms with van der Waals surface area (Å²) in [4.78, 5) is 0.0883. The van der Waals surface area contributed by atoms with Crippen LogP contribution in [0.3, 0.4) is 0 Å². The van der Waals surface area contributed by atoms with Gasteiger partial charge in [0.15, 0.2) is 5.41 Å². The Morgan fingerprint density at radius 2 is 1.61 bits per heavy atom. The monoisotopic (exact) mass is 433 g/mol. The first-order chi connectivity index (χ1) is 14.7. The van der Waals surface area contributed by atoms with Crippen molar-refractivity contribution in [3.8, 4) is 17.9 Å². The van der Waals surface area contributed by atoms with Gasteiger partial charge in [0, 0.05) is 6.54 Å². The second-order valence-corrected chi connectivity index (χ2v) is 9.41.